The highest BCUT2D eigenvalue weighted by Gasteiger charge is 2.47. The Kier molecular flexibility index (Phi) is 6.82. The Bertz CT molecular complexity index is 1370. The van der Waals surface area contributed by atoms with Crippen LogP contribution in [0, 0.1) is 0 Å². The fraction of sp³-hybridized carbons (Fsp3) is 0.115. The molecule has 0 saturated carbocycles. The van der Waals surface area contributed by atoms with E-state index >= 15 is 0 Å². The second-order valence-electron chi connectivity index (χ2n) is 7.81. The number of Topliss-reactive ketones (excluding diaryl/α,β-unsaturated/α-hetero) is 1. The fourth-order valence-electron chi connectivity index (χ4n) is 3.92. The van der Waals surface area contributed by atoms with Gasteiger partial charge in [-0.05, 0) is 53.6 Å². The van der Waals surface area contributed by atoms with Gasteiger partial charge in [-0.25, -0.2) is 0 Å². The Labute approximate surface area is 210 Å². The molecule has 2 N–H and O–H groups in total. The molecule has 4 rings (SSSR count). The first-order valence-electron chi connectivity index (χ1n) is 10.4. The van der Waals surface area contributed by atoms with Crippen LogP contribution in [-0.4, -0.2) is 35.0 Å². The van der Waals surface area contributed by atoms with E-state index in [1.807, 2.05) is 0 Å². The van der Waals surface area contributed by atoms with Crippen molar-refractivity contribution in [3.63, 3.8) is 0 Å². The number of phenols is 1. The minimum absolute atomic E-state index is 0.0446. The van der Waals surface area contributed by atoms with E-state index in [-0.39, 0.29) is 33.4 Å². The van der Waals surface area contributed by atoms with Crippen molar-refractivity contribution >= 4 is 52.3 Å². The zero-order valence-electron chi connectivity index (χ0n) is 18.4. The molecular weight excluding hydrogens is 493 g/mol. The third kappa shape index (κ3) is 4.73. The van der Waals surface area contributed by atoms with Crippen LogP contribution >= 0.6 is 23.2 Å². The van der Waals surface area contributed by atoms with E-state index in [9.17, 15) is 24.6 Å². The van der Waals surface area contributed by atoms with E-state index in [0.29, 0.717) is 16.8 Å². The van der Waals surface area contributed by atoms with E-state index in [4.69, 9.17) is 23.2 Å². The molecule has 1 saturated heterocycles. The predicted molar refractivity (Wildman–Crippen MR) is 132 cm³/mol. The number of methoxy groups -OCH3 is 1. The molecule has 0 aromatic heterocycles. The summed E-state index contributed by atoms with van der Waals surface area (Å²) in [5.74, 6) is -2.68. The monoisotopic (exact) mass is 511 g/mol. The highest BCUT2D eigenvalue weighted by molar-refractivity contribution is 6.51. The summed E-state index contributed by atoms with van der Waals surface area (Å²) in [5.41, 5.74) is 1.46. The van der Waals surface area contributed by atoms with Gasteiger partial charge in [0.05, 0.1) is 35.2 Å². The standard InChI is InChI=1S/C26H19Cl2NO6/c1-35-21(31)11-14-5-8-17(9-6-14)29-23(15-3-2-4-18(30)12-15)22(25(33)26(29)34)24(32)16-7-10-19(27)20(28)13-16/h2-10,12-13,23,30,32H,11H2,1H3/b24-22-. The summed E-state index contributed by atoms with van der Waals surface area (Å²) < 4.78 is 4.68. The van der Waals surface area contributed by atoms with Crippen molar-refractivity contribution < 1.29 is 29.3 Å². The summed E-state index contributed by atoms with van der Waals surface area (Å²) >= 11 is 12.1. The highest BCUT2D eigenvalue weighted by atomic mass is 35.5. The maximum Gasteiger partial charge on any atom is 0.309 e. The maximum absolute atomic E-state index is 13.2. The third-order valence-electron chi connectivity index (χ3n) is 5.61. The third-order valence-corrected chi connectivity index (χ3v) is 6.35. The number of aliphatic hydroxyl groups excluding tert-OH is 1. The number of aliphatic hydroxyl groups is 1. The summed E-state index contributed by atoms with van der Waals surface area (Å²) in [4.78, 5) is 39.2. The summed E-state index contributed by atoms with van der Waals surface area (Å²) in [6.45, 7) is 0. The molecule has 178 valence electrons. The van der Waals surface area contributed by atoms with Gasteiger partial charge >= 0.3 is 5.97 Å². The van der Waals surface area contributed by atoms with Gasteiger partial charge < -0.3 is 14.9 Å². The second kappa shape index (κ2) is 9.82. The molecule has 7 nitrogen and oxygen atoms in total. The van der Waals surface area contributed by atoms with E-state index in [1.165, 1.54) is 42.3 Å². The van der Waals surface area contributed by atoms with Gasteiger partial charge in [0.1, 0.15) is 11.5 Å². The Morgan fingerprint density at radius 3 is 2.34 bits per heavy atom. The van der Waals surface area contributed by atoms with Crippen molar-refractivity contribution in [2.24, 2.45) is 0 Å². The van der Waals surface area contributed by atoms with E-state index in [0.717, 1.165) is 0 Å². The molecule has 0 radical (unpaired) electrons. The lowest BCUT2D eigenvalue weighted by molar-refractivity contribution is -0.139. The van der Waals surface area contributed by atoms with Gasteiger partial charge in [-0.3, -0.25) is 19.3 Å². The summed E-state index contributed by atoms with van der Waals surface area (Å²) in [5, 5.41) is 21.6. The van der Waals surface area contributed by atoms with Crippen molar-refractivity contribution in [3.8, 4) is 5.75 Å². The van der Waals surface area contributed by atoms with Crippen LogP contribution < -0.4 is 4.90 Å². The average Bonchev–Trinajstić information content (AvgIpc) is 3.11. The van der Waals surface area contributed by atoms with Crippen LogP contribution in [-0.2, 0) is 25.5 Å². The van der Waals surface area contributed by atoms with Crippen LogP contribution in [0.3, 0.4) is 0 Å². The first-order chi connectivity index (χ1) is 16.7. The van der Waals surface area contributed by atoms with Crippen molar-refractivity contribution in [2.45, 2.75) is 12.5 Å². The second-order valence-corrected chi connectivity index (χ2v) is 8.63. The summed E-state index contributed by atoms with van der Waals surface area (Å²) in [6, 6.07) is 15.9. The molecule has 35 heavy (non-hydrogen) atoms. The normalized spacial score (nSPS) is 17.0. The quantitative estimate of drug-likeness (QED) is 0.215. The lowest BCUT2D eigenvalue weighted by atomic mass is 9.95. The van der Waals surface area contributed by atoms with E-state index < -0.39 is 29.5 Å². The number of phenolic OH excluding ortho intramolecular Hbond substituents is 1. The smallest absolute Gasteiger partial charge is 0.309 e. The first kappa shape index (κ1) is 24.3. The van der Waals surface area contributed by atoms with Gasteiger partial charge in [0, 0.05) is 11.3 Å². The number of carbonyl (C=O) groups excluding carboxylic acids is 3. The molecule has 1 aliphatic rings. The number of rotatable bonds is 5. The van der Waals surface area contributed by atoms with Gasteiger partial charge in [0.2, 0.25) is 0 Å². The largest absolute Gasteiger partial charge is 0.508 e. The predicted octanol–water partition coefficient (Wildman–Crippen LogP) is 5.04. The molecule has 1 amide bonds. The number of anilines is 1. The number of hydrogen-bond acceptors (Lipinski definition) is 6. The van der Waals surface area contributed by atoms with Gasteiger partial charge in [-0.15, -0.1) is 0 Å². The topological polar surface area (TPSA) is 104 Å². The van der Waals surface area contributed by atoms with Gasteiger partial charge in [-0.1, -0.05) is 47.5 Å². The molecule has 1 unspecified atom stereocenters. The van der Waals surface area contributed by atoms with Crippen LogP contribution in [0.1, 0.15) is 22.7 Å². The number of esters is 1. The number of aromatic hydroxyl groups is 1. The minimum Gasteiger partial charge on any atom is -0.508 e. The van der Waals surface area contributed by atoms with Gasteiger partial charge in [0.25, 0.3) is 11.7 Å². The minimum atomic E-state index is -1.04. The molecule has 0 aliphatic carbocycles. The summed E-state index contributed by atoms with van der Waals surface area (Å²) in [7, 11) is 1.29. The van der Waals surface area contributed by atoms with Crippen molar-refractivity contribution in [3.05, 3.63) is 99.0 Å². The van der Waals surface area contributed by atoms with Crippen LogP contribution in [0.25, 0.3) is 5.76 Å². The van der Waals surface area contributed by atoms with Crippen molar-refractivity contribution in [2.75, 3.05) is 12.0 Å². The number of ether oxygens (including phenoxy) is 1. The molecule has 1 atom stereocenters. The van der Waals surface area contributed by atoms with Gasteiger partial charge in [0.15, 0.2) is 0 Å². The Hall–Kier alpha value is -3.81. The maximum atomic E-state index is 13.2. The SMILES string of the molecule is COC(=O)Cc1ccc(N2C(=O)C(=O)/C(=C(\O)c3ccc(Cl)c(Cl)c3)C2c2cccc(O)c2)cc1. The Morgan fingerprint density at radius 1 is 1.00 bits per heavy atom. The van der Waals surface area contributed by atoms with Crippen LogP contribution in [0.2, 0.25) is 10.0 Å². The molecule has 3 aromatic rings. The number of amides is 1. The molecule has 0 bridgehead atoms. The number of halogens is 2. The number of carbonyl (C=O) groups is 3. The Balaban J connectivity index is 1.86. The zero-order valence-corrected chi connectivity index (χ0v) is 19.9. The van der Waals surface area contributed by atoms with Crippen molar-refractivity contribution in [1.29, 1.82) is 0 Å². The lowest BCUT2D eigenvalue weighted by Crippen LogP contribution is -2.29. The molecule has 1 heterocycles. The molecule has 1 aliphatic heterocycles. The van der Waals surface area contributed by atoms with Crippen LogP contribution in [0.4, 0.5) is 5.69 Å². The molecule has 9 heteroatoms. The number of nitrogens with zero attached hydrogens (tertiary/aromatic N) is 1. The first-order valence-corrected chi connectivity index (χ1v) is 11.2. The van der Waals surface area contributed by atoms with Gasteiger partial charge in [-0.2, -0.15) is 0 Å². The number of ketones is 1. The summed E-state index contributed by atoms with van der Waals surface area (Å²) in [6.07, 6.45) is 0.0446. The molecule has 0 spiro atoms. The van der Waals surface area contributed by atoms with Crippen LogP contribution in [0.5, 0.6) is 5.75 Å². The van der Waals surface area contributed by atoms with E-state index in [2.05, 4.69) is 4.74 Å². The molecule has 1 fully saturated rings. The van der Waals surface area contributed by atoms with Crippen molar-refractivity contribution in [1.82, 2.24) is 0 Å². The van der Waals surface area contributed by atoms with E-state index in [1.54, 1.807) is 36.4 Å². The number of hydrogen-bond donors (Lipinski definition) is 2. The highest BCUT2D eigenvalue weighted by Crippen LogP contribution is 2.43. The fourth-order valence-corrected chi connectivity index (χ4v) is 4.22. The average molecular weight is 512 g/mol. The number of benzene rings is 3. The Morgan fingerprint density at radius 2 is 1.71 bits per heavy atom. The molecular formula is C26H19Cl2NO6. The molecule has 3 aromatic carbocycles. The lowest BCUT2D eigenvalue weighted by Gasteiger charge is -2.25. The van der Waals surface area contributed by atoms with Crippen LogP contribution in [0.15, 0.2) is 72.3 Å². The zero-order chi connectivity index (χ0) is 25.3.